The van der Waals surface area contributed by atoms with Crippen molar-refractivity contribution in [1.29, 1.82) is 0 Å². The Hall–Kier alpha value is -1.77. The number of carbonyl (C=O) groups excluding carboxylic acids is 1. The van der Waals surface area contributed by atoms with E-state index in [0.29, 0.717) is 11.7 Å². The zero-order chi connectivity index (χ0) is 14.0. The van der Waals surface area contributed by atoms with Gasteiger partial charge in [0.2, 0.25) is 11.8 Å². The molecule has 1 aromatic rings. The van der Waals surface area contributed by atoms with Gasteiger partial charge in [0.25, 0.3) is 0 Å². The first-order valence-corrected chi connectivity index (χ1v) is 7.03. The Morgan fingerprint density at radius 1 is 1.53 bits per heavy atom. The second-order valence-electron chi connectivity index (χ2n) is 4.20. The maximum absolute atomic E-state index is 12.6. The molecule has 9 heteroatoms. The molecule has 1 fully saturated rings. The van der Waals surface area contributed by atoms with Gasteiger partial charge in [-0.05, 0) is 0 Å². The highest BCUT2D eigenvalue weighted by atomic mass is 32.3. The minimum absolute atomic E-state index is 0.0184. The lowest BCUT2D eigenvalue weighted by atomic mass is 10.1. The van der Waals surface area contributed by atoms with E-state index in [1.807, 2.05) is 0 Å². The lowest BCUT2D eigenvalue weighted by Gasteiger charge is -2.15. The molecule has 1 aromatic heterocycles. The number of anilines is 1. The Morgan fingerprint density at radius 2 is 2.26 bits per heavy atom. The van der Waals surface area contributed by atoms with Gasteiger partial charge in [0.05, 0.1) is 12.9 Å². The number of amides is 1. The van der Waals surface area contributed by atoms with E-state index in [0.717, 1.165) is 0 Å². The van der Waals surface area contributed by atoms with Crippen LogP contribution in [0.1, 0.15) is 6.42 Å². The van der Waals surface area contributed by atoms with Crippen molar-refractivity contribution in [2.75, 3.05) is 24.3 Å². The van der Waals surface area contributed by atoms with Gasteiger partial charge in [0.1, 0.15) is 12.1 Å². The molecule has 1 aliphatic heterocycles. The predicted molar refractivity (Wildman–Crippen MR) is 63.9 cm³/mol. The lowest BCUT2D eigenvalue weighted by molar-refractivity contribution is -0.117. The highest BCUT2D eigenvalue weighted by Crippen LogP contribution is 2.26. The molecule has 19 heavy (non-hydrogen) atoms. The first-order valence-electron chi connectivity index (χ1n) is 5.48. The van der Waals surface area contributed by atoms with Gasteiger partial charge in [-0.2, -0.15) is 8.42 Å². The molecular weight excluding hydrogens is 277 g/mol. The molecule has 7 nitrogen and oxygen atoms in total. The van der Waals surface area contributed by atoms with Gasteiger partial charge in [-0.3, -0.25) is 9.69 Å². The molecule has 104 valence electrons. The van der Waals surface area contributed by atoms with Crippen LogP contribution in [0.25, 0.3) is 0 Å². The van der Waals surface area contributed by atoms with Crippen molar-refractivity contribution in [2.24, 2.45) is 5.92 Å². The molecule has 1 aliphatic rings. The van der Waals surface area contributed by atoms with Crippen LogP contribution < -0.4 is 9.64 Å². The molecule has 0 saturated carbocycles. The van der Waals surface area contributed by atoms with E-state index in [1.165, 1.54) is 24.4 Å². The number of rotatable bonds is 4. The van der Waals surface area contributed by atoms with Crippen LogP contribution in [0.5, 0.6) is 5.88 Å². The lowest BCUT2D eigenvalue weighted by Crippen LogP contribution is -2.26. The number of methoxy groups -OCH3 is 1. The molecule has 0 radical (unpaired) electrons. The van der Waals surface area contributed by atoms with Crippen LogP contribution in [-0.2, 0) is 15.0 Å². The first-order chi connectivity index (χ1) is 8.89. The Bertz CT molecular complexity index is 592. The molecule has 1 unspecified atom stereocenters. The summed E-state index contributed by atoms with van der Waals surface area (Å²) in [7, 11) is -3.16. The van der Waals surface area contributed by atoms with E-state index in [9.17, 15) is 17.1 Å². The largest absolute Gasteiger partial charge is 0.481 e. The third-order valence-electron chi connectivity index (χ3n) is 2.75. The van der Waals surface area contributed by atoms with E-state index in [4.69, 9.17) is 4.74 Å². The molecule has 0 spiro atoms. The topological polar surface area (TPSA) is 89.5 Å². The van der Waals surface area contributed by atoms with Crippen LogP contribution in [0.3, 0.4) is 0 Å². The van der Waals surface area contributed by atoms with Crippen molar-refractivity contribution in [1.82, 2.24) is 9.97 Å². The number of aromatic nitrogens is 2. The first kappa shape index (κ1) is 13.7. The SMILES string of the molecule is COc1cc(N2CC(CS(=O)(=O)F)CC2=O)ncn1. The molecule has 0 aromatic carbocycles. The van der Waals surface area contributed by atoms with E-state index < -0.39 is 21.9 Å². The quantitative estimate of drug-likeness (QED) is 0.732. The van der Waals surface area contributed by atoms with Crippen LogP contribution >= 0.6 is 0 Å². The molecule has 0 N–H and O–H groups in total. The fourth-order valence-corrected chi connectivity index (χ4v) is 2.77. The predicted octanol–water partition coefficient (Wildman–Crippen LogP) is 0.137. The second-order valence-corrected chi connectivity index (χ2v) is 5.61. The zero-order valence-electron chi connectivity index (χ0n) is 10.1. The van der Waals surface area contributed by atoms with Crippen LogP contribution in [0.4, 0.5) is 9.70 Å². The summed E-state index contributed by atoms with van der Waals surface area (Å²) in [6, 6.07) is 1.46. The van der Waals surface area contributed by atoms with Gasteiger partial charge in [-0.15, -0.1) is 3.89 Å². The van der Waals surface area contributed by atoms with Crippen molar-refractivity contribution in [3.05, 3.63) is 12.4 Å². The van der Waals surface area contributed by atoms with E-state index in [-0.39, 0.29) is 18.9 Å². The van der Waals surface area contributed by atoms with Crippen LogP contribution in [-0.4, -0.2) is 43.7 Å². The Kier molecular flexibility index (Phi) is 3.65. The molecule has 1 atom stereocenters. The summed E-state index contributed by atoms with van der Waals surface area (Å²) in [6.07, 6.45) is 1.22. The summed E-state index contributed by atoms with van der Waals surface area (Å²) < 4.78 is 38.7. The Labute approximate surface area is 109 Å². The maximum atomic E-state index is 12.6. The third-order valence-corrected chi connectivity index (χ3v) is 3.62. The molecule has 2 heterocycles. The molecule has 1 saturated heterocycles. The molecule has 0 bridgehead atoms. The Morgan fingerprint density at radius 3 is 2.89 bits per heavy atom. The van der Waals surface area contributed by atoms with Crippen molar-refractivity contribution in [3.63, 3.8) is 0 Å². The van der Waals surface area contributed by atoms with E-state index in [2.05, 4.69) is 9.97 Å². The van der Waals surface area contributed by atoms with E-state index >= 15 is 0 Å². The van der Waals surface area contributed by atoms with Gasteiger partial charge in [0.15, 0.2) is 0 Å². The summed E-state index contributed by atoms with van der Waals surface area (Å²) >= 11 is 0. The number of hydrogen-bond donors (Lipinski definition) is 0. The van der Waals surface area contributed by atoms with Crippen LogP contribution in [0.2, 0.25) is 0 Å². The van der Waals surface area contributed by atoms with Gasteiger partial charge >= 0.3 is 10.2 Å². The fraction of sp³-hybridized carbons (Fsp3) is 0.500. The average Bonchev–Trinajstić information content (AvgIpc) is 2.68. The van der Waals surface area contributed by atoms with Gasteiger partial charge in [-0.1, -0.05) is 0 Å². The van der Waals surface area contributed by atoms with Crippen molar-refractivity contribution < 1.29 is 21.8 Å². The van der Waals surface area contributed by atoms with Gasteiger partial charge in [0, 0.05) is 24.9 Å². The second kappa shape index (κ2) is 5.08. The van der Waals surface area contributed by atoms with Crippen molar-refractivity contribution in [3.8, 4) is 5.88 Å². The summed E-state index contributed by atoms with van der Waals surface area (Å²) in [5.41, 5.74) is 0. The summed E-state index contributed by atoms with van der Waals surface area (Å²) in [5, 5.41) is 0. The highest BCUT2D eigenvalue weighted by molar-refractivity contribution is 7.86. The minimum Gasteiger partial charge on any atom is -0.481 e. The minimum atomic E-state index is -4.59. The number of ether oxygens (including phenoxy) is 1. The molecular formula is C10H12FN3O4S. The average molecular weight is 289 g/mol. The molecule has 1 amide bonds. The Balaban J connectivity index is 2.15. The smallest absolute Gasteiger partial charge is 0.302 e. The van der Waals surface area contributed by atoms with Gasteiger partial charge < -0.3 is 4.74 Å². The molecule has 0 aliphatic carbocycles. The maximum Gasteiger partial charge on any atom is 0.302 e. The third kappa shape index (κ3) is 3.37. The van der Waals surface area contributed by atoms with Crippen LogP contribution in [0.15, 0.2) is 12.4 Å². The highest BCUT2D eigenvalue weighted by Gasteiger charge is 2.34. The molecule has 2 rings (SSSR count). The zero-order valence-corrected chi connectivity index (χ0v) is 10.9. The normalized spacial score (nSPS) is 19.8. The van der Waals surface area contributed by atoms with Gasteiger partial charge in [-0.25, -0.2) is 9.97 Å². The number of carbonyl (C=O) groups is 1. The summed E-state index contributed by atoms with van der Waals surface area (Å²) in [5.74, 6) is -0.912. The van der Waals surface area contributed by atoms with Crippen LogP contribution in [0, 0.1) is 5.92 Å². The number of hydrogen-bond acceptors (Lipinski definition) is 6. The van der Waals surface area contributed by atoms with Crippen molar-refractivity contribution in [2.45, 2.75) is 6.42 Å². The number of nitrogens with zero attached hydrogens (tertiary/aromatic N) is 3. The summed E-state index contributed by atoms with van der Waals surface area (Å²) in [6.45, 7) is 0.113. The van der Waals surface area contributed by atoms with E-state index in [1.54, 1.807) is 0 Å². The fourth-order valence-electron chi connectivity index (χ4n) is 1.99. The summed E-state index contributed by atoms with van der Waals surface area (Å²) in [4.78, 5) is 20.8. The monoisotopic (exact) mass is 289 g/mol. The van der Waals surface area contributed by atoms with Crippen molar-refractivity contribution >= 4 is 21.9 Å². The number of halogens is 1. The standard InChI is InChI=1S/C10H12FN3O4S/c1-18-9-3-8(12-6-13-9)14-4-7(2-10(14)15)5-19(11,16)17/h3,6-7H,2,4-5H2,1H3.